The van der Waals surface area contributed by atoms with E-state index in [2.05, 4.69) is 10.3 Å². The lowest BCUT2D eigenvalue weighted by Crippen LogP contribution is -2.17. The van der Waals surface area contributed by atoms with Gasteiger partial charge in [-0.3, -0.25) is 9.59 Å². The van der Waals surface area contributed by atoms with Crippen molar-refractivity contribution < 1.29 is 9.59 Å². The number of amides is 2. The summed E-state index contributed by atoms with van der Waals surface area (Å²) in [6.45, 7) is 3.81. The van der Waals surface area contributed by atoms with E-state index in [9.17, 15) is 9.59 Å². The number of rotatable bonds is 5. The second kappa shape index (κ2) is 6.45. The molecule has 0 saturated carbocycles. The summed E-state index contributed by atoms with van der Waals surface area (Å²) in [5.41, 5.74) is 8.50. The Morgan fingerprint density at radius 3 is 2.88 bits per heavy atom. The van der Waals surface area contributed by atoms with Crippen molar-refractivity contribution in [1.82, 2.24) is 9.38 Å². The average molecular weight is 342 g/mol. The normalized spacial score (nSPS) is 10.9. The van der Waals surface area contributed by atoms with Crippen molar-refractivity contribution in [2.24, 2.45) is 5.73 Å². The molecule has 6 nitrogen and oxygen atoms in total. The Kier molecular flexibility index (Phi) is 4.35. The minimum atomic E-state index is -0.535. The minimum absolute atomic E-state index is 0.148. The fraction of sp³-hybridized carbons (Fsp3) is 0.235. The molecule has 0 radical (unpaired) electrons. The molecule has 0 saturated heterocycles. The van der Waals surface area contributed by atoms with E-state index in [0.717, 1.165) is 21.9 Å². The number of anilines is 1. The molecule has 7 heteroatoms. The predicted octanol–water partition coefficient (Wildman–Crippen LogP) is 2.68. The second-order valence-corrected chi connectivity index (χ2v) is 6.84. The molecule has 0 bridgehead atoms. The van der Waals surface area contributed by atoms with Crippen LogP contribution in [0.4, 0.5) is 5.00 Å². The van der Waals surface area contributed by atoms with Gasteiger partial charge in [0, 0.05) is 23.2 Å². The Morgan fingerprint density at radius 1 is 1.33 bits per heavy atom. The van der Waals surface area contributed by atoms with Crippen molar-refractivity contribution in [1.29, 1.82) is 0 Å². The largest absolute Gasteiger partial charge is 0.366 e. The molecule has 3 heterocycles. The number of fused-ring (bicyclic) bond motifs is 1. The van der Waals surface area contributed by atoms with Crippen LogP contribution >= 0.6 is 11.3 Å². The van der Waals surface area contributed by atoms with Gasteiger partial charge >= 0.3 is 0 Å². The molecule has 0 aliphatic carbocycles. The number of carbonyl (C=O) groups is 2. The van der Waals surface area contributed by atoms with Crippen LogP contribution in [0.2, 0.25) is 0 Å². The average Bonchev–Trinajstić information content (AvgIpc) is 3.04. The summed E-state index contributed by atoms with van der Waals surface area (Å²) < 4.78 is 1.99. The molecule has 24 heavy (non-hydrogen) atoms. The highest BCUT2D eigenvalue weighted by atomic mass is 32.1. The molecule has 0 aliphatic rings. The van der Waals surface area contributed by atoms with Crippen LogP contribution in [0.1, 0.15) is 33.0 Å². The molecule has 2 amide bonds. The Morgan fingerprint density at radius 2 is 2.12 bits per heavy atom. The smallest absolute Gasteiger partial charge is 0.251 e. The number of nitrogens with two attached hydrogens (primary N) is 1. The summed E-state index contributed by atoms with van der Waals surface area (Å²) in [6.07, 6.45) is 2.81. The Balaban J connectivity index is 1.72. The van der Waals surface area contributed by atoms with Gasteiger partial charge in [0.25, 0.3) is 5.91 Å². The summed E-state index contributed by atoms with van der Waals surface area (Å²) in [5.74, 6) is -0.683. The van der Waals surface area contributed by atoms with Crippen molar-refractivity contribution in [2.45, 2.75) is 26.7 Å². The van der Waals surface area contributed by atoms with Gasteiger partial charge in [0.2, 0.25) is 5.91 Å². The van der Waals surface area contributed by atoms with E-state index in [1.165, 1.54) is 11.3 Å². The van der Waals surface area contributed by atoms with Gasteiger partial charge in [0.1, 0.15) is 10.6 Å². The van der Waals surface area contributed by atoms with Crippen LogP contribution in [-0.4, -0.2) is 21.2 Å². The number of aryl methyl sites for hydroxylation is 3. The maximum atomic E-state index is 12.3. The zero-order valence-corrected chi connectivity index (χ0v) is 14.3. The summed E-state index contributed by atoms with van der Waals surface area (Å²) in [7, 11) is 0. The quantitative estimate of drug-likeness (QED) is 0.747. The summed E-state index contributed by atoms with van der Waals surface area (Å²) >= 11 is 1.35. The number of pyridine rings is 1. The first-order chi connectivity index (χ1) is 11.5. The topological polar surface area (TPSA) is 89.5 Å². The van der Waals surface area contributed by atoms with E-state index in [0.29, 0.717) is 23.4 Å². The monoisotopic (exact) mass is 342 g/mol. The van der Waals surface area contributed by atoms with E-state index >= 15 is 0 Å². The van der Waals surface area contributed by atoms with Crippen molar-refractivity contribution in [2.75, 3.05) is 5.32 Å². The summed E-state index contributed by atoms with van der Waals surface area (Å²) in [6, 6.07) is 7.50. The van der Waals surface area contributed by atoms with Gasteiger partial charge in [0.05, 0.1) is 11.3 Å². The highest BCUT2D eigenvalue weighted by molar-refractivity contribution is 7.16. The van der Waals surface area contributed by atoms with Gasteiger partial charge < -0.3 is 15.5 Å². The van der Waals surface area contributed by atoms with Gasteiger partial charge in [-0.2, -0.15) is 0 Å². The van der Waals surface area contributed by atoms with Crippen LogP contribution in [0.5, 0.6) is 0 Å². The van der Waals surface area contributed by atoms with E-state index in [4.69, 9.17) is 5.73 Å². The predicted molar refractivity (Wildman–Crippen MR) is 94.5 cm³/mol. The van der Waals surface area contributed by atoms with E-state index in [1.54, 1.807) is 6.07 Å². The number of nitrogens with one attached hydrogen (secondary N) is 1. The van der Waals surface area contributed by atoms with Crippen molar-refractivity contribution in [3.05, 3.63) is 52.3 Å². The lowest BCUT2D eigenvalue weighted by molar-refractivity contribution is -0.116. The third-order valence-corrected chi connectivity index (χ3v) is 4.76. The minimum Gasteiger partial charge on any atom is -0.366 e. The molecule has 0 aromatic carbocycles. The number of nitrogens with zero attached hydrogens (tertiary/aromatic N) is 2. The van der Waals surface area contributed by atoms with Gasteiger partial charge in [0.15, 0.2) is 0 Å². The van der Waals surface area contributed by atoms with E-state index < -0.39 is 5.91 Å². The molecule has 3 aromatic rings. The number of thiophene rings is 1. The molecule has 3 rings (SSSR count). The number of aromatic nitrogens is 2. The van der Waals surface area contributed by atoms with Crippen molar-refractivity contribution in [3.63, 3.8) is 0 Å². The fourth-order valence-corrected chi connectivity index (χ4v) is 3.61. The van der Waals surface area contributed by atoms with Crippen molar-refractivity contribution in [3.8, 4) is 0 Å². The number of primary amides is 1. The number of hydrogen-bond acceptors (Lipinski definition) is 4. The van der Waals surface area contributed by atoms with Crippen LogP contribution in [-0.2, 0) is 11.2 Å². The molecule has 3 aromatic heterocycles. The Bertz CT molecular complexity index is 926. The molecule has 0 fully saturated rings. The summed E-state index contributed by atoms with van der Waals surface area (Å²) in [4.78, 5) is 29.1. The highest BCUT2D eigenvalue weighted by Crippen LogP contribution is 2.27. The molecule has 0 spiro atoms. The van der Waals surface area contributed by atoms with E-state index in [-0.39, 0.29) is 5.91 Å². The highest BCUT2D eigenvalue weighted by Gasteiger charge is 2.15. The number of imidazole rings is 1. The standard InChI is InChI=1S/C17H18N4O2S/c1-10-9-12(16(18)23)17(24-10)20-15(22)7-6-13-11(2)19-14-5-3-4-8-21(13)14/h3-5,8-9H,6-7H2,1-2H3,(H2,18,23)(H,20,22). The maximum absolute atomic E-state index is 12.3. The van der Waals surface area contributed by atoms with Crippen LogP contribution in [0, 0.1) is 13.8 Å². The molecule has 0 aliphatic heterocycles. The van der Waals surface area contributed by atoms with Crippen LogP contribution in [0.25, 0.3) is 5.65 Å². The maximum Gasteiger partial charge on any atom is 0.251 e. The van der Waals surface area contributed by atoms with E-state index in [1.807, 2.05) is 42.6 Å². The van der Waals surface area contributed by atoms with Gasteiger partial charge in [-0.15, -0.1) is 11.3 Å². The number of hydrogen-bond donors (Lipinski definition) is 2. The van der Waals surface area contributed by atoms with Crippen molar-refractivity contribution >= 4 is 33.8 Å². The molecular formula is C17H18N4O2S. The fourth-order valence-electron chi connectivity index (χ4n) is 2.68. The van der Waals surface area contributed by atoms with Gasteiger partial charge in [-0.1, -0.05) is 6.07 Å². The number of carbonyl (C=O) groups excluding carboxylic acids is 2. The SMILES string of the molecule is Cc1cc(C(N)=O)c(NC(=O)CCc2c(C)nc3ccccn23)s1. The summed E-state index contributed by atoms with van der Waals surface area (Å²) in [5, 5.41) is 3.31. The third-order valence-electron chi connectivity index (χ3n) is 3.79. The van der Waals surface area contributed by atoms with Crippen LogP contribution < -0.4 is 11.1 Å². The molecule has 0 atom stereocenters. The zero-order chi connectivity index (χ0) is 17.3. The molecule has 124 valence electrons. The lowest BCUT2D eigenvalue weighted by atomic mass is 10.2. The van der Waals surface area contributed by atoms with Crippen LogP contribution in [0.15, 0.2) is 30.5 Å². The molecule has 3 N–H and O–H groups in total. The Hall–Kier alpha value is -2.67. The lowest BCUT2D eigenvalue weighted by Gasteiger charge is -2.05. The van der Waals surface area contributed by atoms with Crippen LogP contribution in [0.3, 0.4) is 0 Å². The first-order valence-corrected chi connectivity index (χ1v) is 8.40. The molecular weight excluding hydrogens is 324 g/mol. The Labute approximate surface area is 143 Å². The first kappa shape index (κ1) is 16.2. The third kappa shape index (κ3) is 3.16. The zero-order valence-electron chi connectivity index (χ0n) is 13.5. The first-order valence-electron chi connectivity index (χ1n) is 7.58. The second-order valence-electron chi connectivity index (χ2n) is 5.59. The van der Waals surface area contributed by atoms with Gasteiger partial charge in [-0.05, 0) is 38.5 Å². The molecule has 0 unspecified atom stereocenters. The van der Waals surface area contributed by atoms with Gasteiger partial charge in [-0.25, -0.2) is 4.98 Å².